The van der Waals surface area contributed by atoms with Crippen molar-refractivity contribution < 1.29 is 8.42 Å². The second-order valence-corrected chi connectivity index (χ2v) is 8.58. The van der Waals surface area contributed by atoms with E-state index in [-0.39, 0.29) is 0 Å². The van der Waals surface area contributed by atoms with Gasteiger partial charge in [-0.05, 0) is 36.2 Å². The maximum Gasteiger partial charge on any atom is 0.268 e. The lowest BCUT2D eigenvalue weighted by Crippen LogP contribution is -2.42. The molecule has 0 atom stereocenters. The minimum absolute atomic E-state index is 0.310. The first kappa shape index (κ1) is 17.3. The molecule has 0 saturated carbocycles. The third kappa shape index (κ3) is 3.05. The molecule has 1 fully saturated rings. The lowest BCUT2D eigenvalue weighted by molar-refractivity contribution is 0.234. The zero-order valence-electron chi connectivity index (χ0n) is 14.9. The normalized spacial score (nSPS) is 16.2. The standard InChI is InChI=1S/C20H23N3O2S/c1-16-14-23(26(24,25)18-7-3-2-4-8-18)19-9-5-6-17(20(16)19)15-22-12-10-21-11-13-22/h2-9,14,21H,10-13,15H2,1H3. The Bertz CT molecular complexity index is 1020. The lowest BCUT2D eigenvalue weighted by Gasteiger charge is -2.27. The average molecular weight is 369 g/mol. The molecule has 0 spiro atoms. The highest BCUT2D eigenvalue weighted by atomic mass is 32.2. The van der Waals surface area contributed by atoms with Gasteiger partial charge in [0.25, 0.3) is 10.0 Å². The summed E-state index contributed by atoms with van der Waals surface area (Å²) in [7, 11) is -3.60. The smallest absolute Gasteiger partial charge is 0.268 e. The van der Waals surface area contributed by atoms with Gasteiger partial charge in [-0.25, -0.2) is 12.4 Å². The van der Waals surface area contributed by atoms with Gasteiger partial charge in [-0.15, -0.1) is 0 Å². The molecule has 136 valence electrons. The maximum atomic E-state index is 13.1. The number of nitrogens with zero attached hydrogens (tertiary/aromatic N) is 2. The largest absolute Gasteiger partial charge is 0.314 e. The third-order valence-electron chi connectivity index (χ3n) is 4.98. The Hall–Kier alpha value is -2.15. The van der Waals surface area contributed by atoms with Crippen LogP contribution in [0.4, 0.5) is 0 Å². The molecule has 6 heteroatoms. The van der Waals surface area contributed by atoms with Gasteiger partial charge in [0.2, 0.25) is 0 Å². The molecular formula is C20H23N3O2S. The van der Waals surface area contributed by atoms with Gasteiger partial charge in [0.1, 0.15) is 0 Å². The summed E-state index contributed by atoms with van der Waals surface area (Å²) >= 11 is 0. The quantitative estimate of drug-likeness (QED) is 0.768. The van der Waals surface area contributed by atoms with E-state index in [0.717, 1.165) is 49.2 Å². The summed E-state index contributed by atoms with van der Waals surface area (Å²) in [5.41, 5.74) is 2.92. The van der Waals surface area contributed by atoms with Crippen LogP contribution in [-0.4, -0.2) is 43.5 Å². The molecule has 0 bridgehead atoms. The Morgan fingerprint density at radius 3 is 2.46 bits per heavy atom. The molecule has 4 rings (SSSR count). The Morgan fingerprint density at radius 2 is 1.73 bits per heavy atom. The number of rotatable bonds is 4. The molecule has 1 N–H and O–H groups in total. The Kier molecular flexibility index (Phi) is 4.56. The Labute approximate surface area is 154 Å². The van der Waals surface area contributed by atoms with Crippen LogP contribution in [-0.2, 0) is 16.6 Å². The van der Waals surface area contributed by atoms with E-state index in [1.807, 2.05) is 25.1 Å². The van der Waals surface area contributed by atoms with Crippen molar-refractivity contribution >= 4 is 20.9 Å². The molecule has 2 heterocycles. The predicted molar refractivity (Wildman–Crippen MR) is 104 cm³/mol. The number of fused-ring (bicyclic) bond motifs is 1. The summed E-state index contributed by atoms with van der Waals surface area (Å²) < 4.78 is 27.6. The van der Waals surface area contributed by atoms with E-state index in [2.05, 4.69) is 16.3 Å². The molecule has 5 nitrogen and oxygen atoms in total. The topological polar surface area (TPSA) is 54.3 Å². The summed E-state index contributed by atoms with van der Waals surface area (Å²) in [6.45, 7) is 6.85. The number of nitrogens with one attached hydrogen (secondary N) is 1. The van der Waals surface area contributed by atoms with Crippen molar-refractivity contribution in [2.24, 2.45) is 0 Å². The van der Waals surface area contributed by atoms with E-state index in [1.54, 1.807) is 30.5 Å². The first-order valence-electron chi connectivity index (χ1n) is 8.90. The second-order valence-electron chi connectivity index (χ2n) is 6.76. The molecular weight excluding hydrogens is 346 g/mol. The Morgan fingerprint density at radius 1 is 1.00 bits per heavy atom. The van der Waals surface area contributed by atoms with Gasteiger partial charge < -0.3 is 5.32 Å². The van der Waals surface area contributed by atoms with Crippen LogP contribution in [0.25, 0.3) is 10.9 Å². The van der Waals surface area contributed by atoms with Crippen LogP contribution in [0.3, 0.4) is 0 Å². The van der Waals surface area contributed by atoms with Crippen molar-refractivity contribution in [1.82, 2.24) is 14.2 Å². The van der Waals surface area contributed by atoms with Crippen LogP contribution in [0, 0.1) is 6.92 Å². The highest BCUT2D eigenvalue weighted by Gasteiger charge is 2.22. The minimum Gasteiger partial charge on any atom is -0.314 e. The van der Waals surface area contributed by atoms with Crippen molar-refractivity contribution in [3.8, 4) is 0 Å². The monoisotopic (exact) mass is 369 g/mol. The molecule has 1 aromatic heterocycles. The van der Waals surface area contributed by atoms with Gasteiger partial charge in [0.05, 0.1) is 10.4 Å². The summed E-state index contributed by atoms with van der Waals surface area (Å²) in [6.07, 6.45) is 1.74. The molecule has 3 aromatic rings. The van der Waals surface area contributed by atoms with Crippen molar-refractivity contribution in [3.63, 3.8) is 0 Å². The summed E-state index contributed by atoms with van der Waals surface area (Å²) in [5.74, 6) is 0. The molecule has 0 unspecified atom stereocenters. The molecule has 1 aliphatic rings. The van der Waals surface area contributed by atoms with Crippen LogP contribution in [0.15, 0.2) is 59.6 Å². The third-order valence-corrected chi connectivity index (χ3v) is 6.66. The summed E-state index contributed by atoms with van der Waals surface area (Å²) in [4.78, 5) is 2.72. The zero-order chi connectivity index (χ0) is 18.1. The molecule has 2 aromatic carbocycles. The van der Waals surface area contributed by atoms with Crippen molar-refractivity contribution in [2.75, 3.05) is 26.2 Å². The first-order chi connectivity index (χ1) is 12.6. The molecule has 26 heavy (non-hydrogen) atoms. The lowest BCUT2D eigenvalue weighted by atomic mass is 10.1. The fourth-order valence-corrected chi connectivity index (χ4v) is 5.12. The van der Waals surface area contributed by atoms with Gasteiger partial charge in [-0.3, -0.25) is 4.90 Å². The number of hydrogen-bond acceptors (Lipinski definition) is 4. The van der Waals surface area contributed by atoms with Gasteiger partial charge in [-0.1, -0.05) is 30.3 Å². The SMILES string of the molecule is Cc1cn(S(=O)(=O)c2ccccc2)c2cccc(CN3CCNCC3)c12. The van der Waals surface area contributed by atoms with Crippen LogP contribution in [0.1, 0.15) is 11.1 Å². The fourth-order valence-electron chi connectivity index (χ4n) is 3.68. The van der Waals surface area contributed by atoms with Crippen molar-refractivity contribution in [2.45, 2.75) is 18.4 Å². The van der Waals surface area contributed by atoms with Gasteiger partial charge in [0.15, 0.2) is 0 Å². The van der Waals surface area contributed by atoms with Crippen LogP contribution in [0.2, 0.25) is 0 Å². The van der Waals surface area contributed by atoms with E-state index in [1.165, 1.54) is 9.54 Å². The number of hydrogen-bond donors (Lipinski definition) is 1. The molecule has 0 aliphatic carbocycles. The number of piperazine rings is 1. The number of benzene rings is 2. The van der Waals surface area contributed by atoms with E-state index in [0.29, 0.717) is 4.90 Å². The minimum atomic E-state index is -3.60. The first-order valence-corrected chi connectivity index (χ1v) is 10.3. The molecule has 1 saturated heterocycles. The summed E-state index contributed by atoms with van der Waals surface area (Å²) in [5, 5.41) is 4.41. The van der Waals surface area contributed by atoms with Crippen LogP contribution >= 0.6 is 0 Å². The van der Waals surface area contributed by atoms with Crippen LogP contribution < -0.4 is 5.32 Å². The van der Waals surface area contributed by atoms with E-state index in [9.17, 15) is 8.42 Å². The van der Waals surface area contributed by atoms with Crippen molar-refractivity contribution in [1.29, 1.82) is 0 Å². The van der Waals surface area contributed by atoms with Crippen molar-refractivity contribution in [3.05, 3.63) is 65.9 Å². The average Bonchev–Trinajstić information content (AvgIpc) is 3.02. The highest BCUT2D eigenvalue weighted by Crippen LogP contribution is 2.29. The fraction of sp³-hybridized carbons (Fsp3) is 0.300. The van der Waals surface area contributed by atoms with E-state index >= 15 is 0 Å². The number of aromatic nitrogens is 1. The zero-order valence-corrected chi connectivity index (χ0v) is 15.7. The van der Waals surface area contributed by atoms with Gasteiger partial charge in [0, 0.05) is 44.3 Å². The van der Waals surface area contributed by atoms with Gasteiger partial charge >= 0.3 is 0 Å². The molecule has 0 radical (unpaired) electrons. The number of aryl methyl sites for hydroxylation is 1. The second kappa shape index (κ2) is 6.87. The van der Waals surface area contributed by atoms with Gasteiger partial charge in [-0.2, -0.15) is 0 Å². The molecule has 0 amide bonds. The molecule has 1 aliphatic heterocycles. The maximum absolute atomic E-state index is 13.1. The van der Waals surface area contributed by atoms with E-state index < -0.39 is 10.0 Å². The van der Waals surface area contributed by atoms with E-state index in [4.69, 9.17) is 0 Å². The Balaban J connectivity index is 1.80. The van der Waals surface area contributed by atoms with Crippen LogP contribution in [0.5, 0.6) is 0 Å². The highest BCUT2D eigenvalue weighted by molar-refractivity contribution is 7.90. The summed E-state index contributed by atoms with van der Waals surface area (Å²) in [6, 6.07) is 14.6. The predicted octanol–water partition coefficient (Wildman–Crippen LogP) is 2.59.